The van der Waals surface area contributed by atoms with Crippen molar-refractivity contribution in [3.05, 3.63) is 0 Å². The van der Waals surface area contributed by atoms with Crippen LogP contribution in [0.1, 0.15) is 71.6 Å². The Kier molecular flexibility index (Phi) is 19.7. The molecule has 0 heterocycles. The van der Waals surface area contributed by atoms with E-state index >= 15 is 0 Å². The molecule has 0 rings (SSSR count). The van der Waals surface area contributed by atoms with Crippen molar-refractivity contribution in [2.45, 2.75) is 102 Å². The number of amides is 5. The lowest BCUT2D eigenvalue weighted by molar-refractivity contribution is -0.143. The van der Waals surface area contributed by atoms with E-state index in [0.717, 1.165) is 0 Å². The molecule has 0 aliphatic heterocycles. The standard InChI is InChI=1S/C26H50N8O8/c1-15(2)13-19(26(41)42)33-24(39)18(9-10-21(30)36)32-23(38)17(8-4-6-12-28)31-25(40)20(14-35)34-22(37)16(29)7-3-5-11-27/h15-20,35H,3-14,27-29H2,1-2H3,(H2,30,36)(H,31,40)(H,32,38)(H,33,39)(H,34,37)(H,41,42)/t16-,17-,18-,19-,20-/m0/s1. The van der Waals surface area contributed by atoms with Crippen LogP contribution in [0.25, 0.3) is 0 Å². The number of aliphatic hydroxyl groups is 1. The molecule has 0 aromatic rings. The number of aliphatic hydroxyl groups excluding tert-OH is 1. The first-order chi connectivity index (χ1) is 19.8. The molecule has 0 bridgehead atoms. The van der Waals surface area contributed by atoms with Crippen molar-refractivity contribution in [1.29, 1.82) is 0 Å². The van der Waals surface area contributed by atoms with Crippen LogP contribution in [0.4, 0.5) is 0 Å². The Morgan fingerprint density at radius 3 is 1.57 bits per heavy atom. The van der Waals surface area contributed by atoms with Crippen LogP contribution >= 0.6 is 0 Å². The minimum Gasteiger partial charge on any atom is -0.480 e. The van der Waals surface area contributed by atoms with E-state index in [2.05, 4.69) is 21.3 Å². The van der Waals surface area contributed by atoms with Gasteiger partial charge in [-0.3, -0.25) is 24.0 Å². The van der Waals surface area contributed by atoms with Gasteiger partial charge in [0.2, 0.25) is 29.5 Å². The van der Waals surface area contributed by atoms with E-state index in [-0.39, 0.29) is 31.6 Å². The fourth-order valence-electron chi connectivity index (χ4n) is 3.94. The molecule has 42 heavy (non-hydrogen) atoms. The quantitative estimate of drug-likeness (QED) is 0.0522. The average molecular weight is 603 g/mol. The number of primary amides is 1. The van der Waals surface area contributed by atoms with Crippen LogP contribution in [0.3, 0.4) is 0 Å². The van der Waals surface area contributed by atoms with Crippen LogP contribution in [0.2, 0.25) is 0 Å². The Hall–Kier alpha value is -3.34. The summed E-state index contributed by atoms with van der Waals surface area (Å²) in [5, 5.41) is 28.9. The van der Waals surface area contributed by atoms with Gasteiger partial charge < -0.3 is 54.4 Å². The number of nitrogens with two attached hydrogens (primary N) is 4. The van der Waals surface area contributed by atoms with Gasteiger partial charge in [-0.25, -0.2) is 4.79 Å². The van der Waals surface area contributed by atoms with Gasteiger partial charge in [-0.1, -0.05) is 20.3 Å². The second kappa shape index (κ2) is 21.4. The maximum absolute atomic E-state index is 13.3. The highest BCUT2D eigenvalue weighted by atomic mass is 16.4. The largest absolute Gasteiger partial charge is 0.480 e. The Morgan fingerprint density at radius 1 is 0.667 bits per heavy atom. The summed E-state index contributed by atoms with van der Waals surface area (Å²) in [6, 6.07) is -6.14. The maximum atomic E-state index is 13.3. The van der Waals surface area contributed by atoms with Crippen LogP contribution in [-0.4, -0.2) is 95.6 Å². The molecule has 0 aromatic carbocycles. The Bertz CT molecular complexity index is 888. The van der Waals surface area contributed by atoms with Crippen molar-refractivity contribution in [3.63, 3.8) is 0 Å². The van der Waals surface area contributed by atoms with E-state index in [1.54, 1.807) is 13.8 Å². The fourth-order valence-corrected chi connectivity index (χ4v) is 3.94. The van der Waals surface area contributed by atoms with Gasteiger partial charge in [0, 0.05) is 6.42 Å². The van der Waals surface area contributed by atoms with Crippen molar-refractivity contribution < 1.29 is 39.0 Å². The zero-order valence-corrected chi connectivity index (χ0v) is 24.6. The van der Waals surface area contributed by atoms with Gasteiger partial charge in [0.05, 0.1) is 12.6 Å². The lowest BCUT2D eigenvalue weighted by Gasteiger charge is -2.26. The summed E-state index contributed by atoms with van der Waals surface area (Å²) in [6.45, 7) is 3.53. The van der Waals surface area contributed by atoms with E-state index in [0.29, 0.717) is 45.2 Å². The first-order valence-corrected chi connectivity index (χ1v) is 14.3. The van der Waals surface area contributed by atoms with Gasteiger partial charge in [-0.05, 0) is 64.0 Å². The summed E-state index contributed by atoms with van der Waals surface area (Å²) < 4.78 is 0. The summed E-state index contributed by atoms with van der Waals surface area (Å²) >= 11 is 0. The molecule has 0 aromatic heterocycles. The molecule has 0 unspecified atom stereocenters. The zero-order chi connectivity index (χ0) is 32.2. The second-order valence-corrected chi connectivity index (χ2v) is 10.6. The molecule has 16 nitrogen and oxygen atoms in total. The molecule has 0 saturated carbocycles. The highest BCUT2D eigenvalue weighted by Gasteiger charge is 2.31. The van der Waals surface area contributed by atoms with Gasteiger partial charge in [0.1, 0.15) is 24.2 Å². The van der Waals surface area contributed by atoms with Crippen molar-refractivity contribution in [2.75, 3.05) is 19.7 Å². The minimum atomic E-state index is -1.41. The third-order valence-electron chi connectivity index (χ3n) is 6.34. The lowest BCUT2D eigenvalue weighted by atomic mass is 10.0. The number of carbonyl (C=O) groups excluding carboxylic acids is 5. The number of carbonyl (C=O) groups is 6. The van der Waals surface area contributed by atoms with Crippen molar-refractivity contribution in [2.24, 2.45) is 28.9 Å². The van der Waals surface area contributed by atoms with Gasteiger partial charge in [0.25, 0.3) is 0 Å². The number of rotatable bonds is 23. The van der Waals surface area contributed by atoms with Gasteiger partial charge in [-0.15, -0.1) is 0 Å². The molecule has 0 spiro atoms. The topological polar surface area (TPSA) is 295 Å². The molecule has 14 N–H and O–H groups in total. The van der Waals surface area contributed by atoms with Gasteiger partial charge in [0.15, 0.2) is 0 Å². The van der Waals surface area contributed by atoms with Crippen LogP contribution in [0.5, 0.6) is 0 Å². The Morgan fingerprint density at radius 2 is 1.12 bits per heavy atom. The SMILES string of the molecule is CC(C)C[C@H](NC(=O)[C@H](CCC(N)=O)NC(=O)[C@H](CCCCN)NC(=O)[C@H](CO)NC(=O)[C@@H](N)CCCCN)C(=O)O. The highest BCUT2D eigenvalue weighted by Crippen LogP contribution is 2.08. The lowest BCUT2D eigenvalue weighted by Crippen LogP contribution is -2.59. The minimum absolute atomic E-state index is 0.0624. The molecule has 16 heteroatoms. The number of nitrogens with one attached hydrogen (secondary N) is 4. The van der Waals surface area contributed by atoms with Crippen LogP contribution in [0, 0.1) is 5.92 Å². The average Bonchev–Trinajstić information content (AvgIpc) is 2.92. The molecule has 0 radical (unpaired) electrons. The molecule has 0 saturated heterocycles. The van der Waals surface area contributed by atoms with E-state index in [1.165, 1.54) is 0 Å². The molecule has 5 amide bonds. The van der Waals surface area contributed by atoms with E-state index in [9.17, 15) is 39.0 Å². The molecule has 242 valence electrons. The van der Waals surface area contributed by atoms with E-state index in [4.69, 9.17) is 22.9 Å². The number of carboxylic acids is 1. The second-order valence-electron chi connectivity index (χ2n) is 10.6. The number of aliphatic carboxylic acids is 1. The van der Waals surface area contributed by atoms with Crippen molar-refractivity contribution in [3.8, 4) is 0 Å². The summed E-state index contributed by atoms with van der Waals surface area (Å²) in [5.41, 5.74) is 22.1. The molecule has 0 fully saturated rings. The monoisotopic (exact) mass is 602 g/mol. The molecular weight excluding hydrogens is 552 g/mol. The summed E-state index contributed by atoms with van der Waals surface area (Å²) in [6.07, 6.45) is 2.22. The molecule has 0 aliphatic rings. The van der Waals surface area contributed by atoms with Gasteiger partial charge in [-0.2, -0.15) is 0 Å². The van der Waals surface area contributed by atoms with E-state index < -0.39 is 72.3 Å². The van der Waals surface area contributed by atoms with Crippen molar-refractivity contribution >= 4 is 35.5 Å². The van der Waals surface area contributed by atoms with E-state index in [1.807, 2.05) is 0 Å². The third-order valence-corrected chi connectivity index (χ3v) is 6.34. The summed E-state index contributed by atoms with van der Waals surface area (Å²) in [4.78, 5) is 74.6. The highest BCUT2D eigenvalue weighted by molar-refractivity contribution is 5.95. The Balaban J connectivity index is 5.71. The maximum Gasteiger partial charge on any atom is 0.326 e. The predicted octanol–water partition coefficient (Wildman–Crippen LogP) is -3.10. The number of hydrogen-bond donors (Lipinski definition) is 10. The first kappa shape index (κ1) is 38.7. The molecule has 5 atom stereocenters. The fraction of sp³-hybridized carbons (Fsp3) is 0.769. The predicted molar refractivity (Wildman–Crippen MR) is 154 cm³/mol. The molecular formula is C26H50N8O8. The van der Waals surface area contributed by atoms with Crippen molar-refractivity contribution in [1.82, 2.24) is 21.3 Å². The summed E-state index contributed by atoms with van der Waals surface area (Å²) in [7, 11) is 0. The normalized spacial score (nSPS) is 14.6. The number of carboxylic acid groups (broad SMARTS) is 1. The number of hydrogen-bond acceptors (Lipinski definition) is 10. The number of unbranched alkanes of at least 4 members (excludes halogenated alkanes) is 2. The smallest absolute Gasteiger partial charge is 0.326 e. The van der Waals surface area contributed by atoms with Crippen LogP contribution in [0.15, 0.2) is 0 Å². The first-order valence-electron chi connectivity index (χ1n) is 14.3. The van der Waals surface area contributed by atoms with Crippen LogP contribution < -0.4 is 44.2 Å². The third kappa shape index (κ3) is 16.2. The molecule has 0 aliphatic carbocycles. The Labute approximate surface area is 246 Å². The van der Waals surface area contributed by atoms with Gasteiger partial charge >= 0.3 is 5.97 Å². The summed E-state index contributed by atoms with van der Waals surface area (Å²) in [5.74, 6) is -5.24. The van der Waals surface area contributed by atoms with Crippen LogP contribution in [-0.2, 0) is 28.8 Å². The zero-order valence-electron chi connectivity index (χ0n) is 24.6.